The lowest BCUT2D eigenvalue weighted by Gasteiger charge is -2.44. The molecule has 274 valence electrons. The average molecular weight is 700 g/mol. The number of aliphatic hydroxyl groups excluding tert-OH is 1. The number of nitrogens with zero attached hydrogens (tertiary/aromatic N) is 3. The van der Waals surface area contributed by atoms with Crippen LogP contribution in [-0.4, -0.2) is 86.1 Å². The third-order valence-corrected chi connectivity index (χ3v) is 9.17. The number of hydrogen-bond acceptors (Lipinski definition) is 8. The topological polar surface area (TPSA) is 150 Å². The number of piperazine rings is 1. The molecule has 0 spiro atoms. The lowest BCUT2D eigenvalue weighted by molar-refractivity contribution is -0.122. The molecular weight excluding hydrogens is 645 g/mol. The Morgan fingerprint density at radius 3 is 2.27 bits per heavy atom. The zero-order valence-corrected chi connectivity index (χ0v) is 30.2. The molecule has 0 radical (unpaired) electrons. The van der Waals surface area contributed by atoms with E-state index in [1.807, 2.05) is 38.1 Å². The number of rotatable bonds is 15. The van der Waals surface area contributed by atoms with Crippen molar-refractivity contribution in [2.24, 2.45) is 5.73 Å². The molecule has 2 saturated heterocycles. The molecule has 0 aliphatic carbocycles. The van der Waals surface area contributed by atoms with Gasteiger partial charge >= 0.3 is 0 Å². The number of piperidine rings is 1. The van der Waals surface area contributed by atoms with Crippen LogP contribution in [0.15, 0.2) is 85.2 Å². The van der Waals surface area contributed by atoms with E-state index in [-0.39, 0.29) is 29.7 Å². The maximum Gasteiger partial charge on any atom is 0.227 e. The van der Waals surface area contributed by atoms with Gasteiger partial charge in [0.15, 0.2) is 0 Å². The summed E-state index contributed by atoms with van der Waals surface area (Å²) in [7, 11) is 1.55. The first-order valence-electron chi connectivity index (χ1n) is 17.7. The van der Waals surface area contributed by atoms with E-state index in [0.29, 0.717) is 41.4 Å². The van der Waals surface area contributed by atoms with Crippen LogP contribution >= 0.6 is 0 Å². The average Bonchev–Trinajstić information content (AvgIpc) is 3.14. The number of carbonyl (C=O) groups is 2. The second-order valence-electron chi connectivity index (χ2n) is 12.4. The number of hydrogen-bond donors (Lipinski definition) is 5. The summed E-state index contributed by atoms with van der Waals surface area (Å²) in [5.41, 5.74) is 9.71. The summed E-state index contributed by atoms with van der Waals surface area (Å²) in [6, 6.07) is 13.4. The predicted molar refractivity (Wildman–Crippen MR) is 208 cm³/mol. The molecule has 0 saturated carbocycles. The molecule has 6 N–H and O–H groups in total. The summed E-state index contributed by atoms with van der Waals surface area (Å²) >= 11 is 0. The molecule has 2 aromatic rings. The Morgan fingerprint density at radius 1 is 1.04 bits per heavy atom. The number of allylic oxidation sites excluding steroid dienone is 5. The van der Waals surface area contributed by atoms with Crippen molar-refractivity contribution in [1.29, 1.82) is 10.8 Å². The third kappa shape index (κ3) is 11.8. The Bertz CT molecular complexity index is 1590. The molecule has 4 rings (SSSR count). The Balaban J connectivity index is 0.00000345. The van der Waals surface area contributed by atoms with Gasteiger partial charge in [0, 0.05) is 82.2 Å². The fraction of sp³-hybridized carbons (Fsp3) is 0.400. The Morgan fingerprint density at radius 2 is 1.71 bits per heavy atom. The van der Waals surface area contributed by atoms with Gasteiger partial charge < -0.3 is 36.2 Å². The molecule has 1 amide bonds. The minimum atomic E-state index is -0.558. The van der Waals surface area contributed by atoms with Crippen molar-refractivity contribution in [3.8, 4) is 0 Å². The van der Waals surface area contributed by atoms with E-state index in [2.05, 4.69) is 26.6 Å². The SMILES string of the molecule is C=C(O)/C=C\C=C/CC(=N)/C=C(\C(=N)N)c1ccc(N2CCC(N3CCN(c4ccc(C(CCC=O)C(=O)NC)cc4F)CC3)CC2)cc1.CC. The number of carbonyl (C=O) groups excluding carboxylic acids is 2. The molecule has 0 bridgehead atoms. The molecule has 2 aliphatic rings. The van der Waals surface area contributed by atoms with Crippen LogP contribution in [0.1, 0.15) is 63.0 Å². The van der Waals surface area contributed by atoms with Crippen molar-refractivity contribution in [1.82, 2.24) is 10.2 Å². The van der Waals surface area contributed by atoms with Crippen LogP contribution in [0.2, 0.25) is 0 Å². The highest BCUT2D eigenvalue weighted by molar-refractivity contribution is 6.24. The minimum absolute atomic E-state index is 0.0384. The van der Waals surface area contributed by atoms with Gasteiger partial charge in [0.05, 0.1) is 11.6 Å². The van der Waals surface area contributed by atoms with Gasteiger partial charge in [-0.1, -0.05) is 56.9 Å². The second-order valence-corrected chi connectivity index (χ2v) is 12.4. The van der Waals surface area contributed by atoms with Crippen molar-refractivity contribution in [3.05, 3.63) is 102 Å². The van der Waals surface area contributed by atoms with Gasteiger partial charge in [-0.3, -0.25) is 15.1 Å². The highest BCUT2D eigenvalue weighted by Crippen LogP contribution is 2.30. The molecule has 2 heterocycles. The number of anilines is 2. The number of amidine groups is 1. The molecule has 51 heavy (non-hydrogen) atoms. The van der Waals surface area contributed by atoms with Gasteiger partial charge in [-0.2, -0.15) is 0 Å². The fourth-order valence-electron chi connectivity index (χ4n) is 6.51. The minimum Gasteiger partial charge on any atom is -0.509 e. The second kappa shape index (κ2) is 20.6. The first-order valence-corrected chi connectivity index (χ1v) is 17.7. The van der Waals surface area contributed by atoms with Crippen molar-refractivity contribution in [2.45, 2.75) is 57.9 Å². The summed E-state index contributed by atoms with van der Waals surface area (Å²) in [4.78, 5) is 30.2. The third-order valence-electron chi connectivity index (χ3n) is 9.17. The number of benzene rings is 2. The van der Waals surface area contributed by atoms with Crippen LogP contribution < -0.4 is 20.9 Å². The first-order chi connectivity index (χ1) is 24.6. The maximum absolute atomic E-state index is 15.3. The molecule has 2 aliphatic heterocycles. The fourth-order valence-corrected chi connectivity index (χ4v) is 6.51. The number of nitrogens with two attached hydrogens (primary N) is 1. The summed E-state index contributed by atoms with van der Waals surface area (Å²) in [5.74, 6) is -1.26. The van der Waals surface area contributed by atoms with E-state index < -0.39 is 5.92 Å². The Hall–Kier alpha value is -5.03. The van der Waals surface area contributed by atoms with Gasteiger partial charge in [0.1, 0.15) is 23.7 Å². The summed E-state index contributed by atoms with van der Waals surface area (Å²) < 4.78 is 15.3. The number of aliphatic hydroxyl groups is 1. The van der Waals surface area contributed by atoms with Gasteiger partial charge in [0.2, 0.25) is 5.91 Å². The van der Waals surface area contributed by atoms with Crippen LogP contribution in [0, 0.1) is 16.6 Å². The maximum atomic E-state index is 15.3. The van der Waals surface area contributed by atoms with E-state index in [9.17, 15) is 9.59 Å². The molecule has 11 heteroatoms. The van der Waals surface area contributed by atoms with Crippen LogP contribution in [0.3, 0.4) is 0 Å². The van der Waals surface area contributed by atoms with Crippen molar-refractivity contribution < 1.29 is 19.1 Å². The summed E-state index contributed by atoms with van der Waals surface area (Å²) in [6.07, 6.45) is 12.0. The van der Waals surface area contributed by atoms with Crippen molar-refractivity contribution in [3.63, 3.8) is 0 Å². The lowest BCUT2D eigenvalue weighted by Crippen LogP contribution is -2.53. The number of amides is 1. The van der Waals surface area contributed by atoms with Gasteiger partial charge in [-0.15, -0.1) is 0 Å². The van der Waals surface area contributed by atoms with Gasteiger partial charge in [-0.25, -0.2) is 4.39 Å². The van der Waals surface area contributed by atoms with Crippen LogP contribution in [-0.2, 0) is 9.59 Å². The standard InChI is InChI=1S/C38H48FN7O3.C2H6/c1-27(48)7-4-3-5-8-30(40)26-34(37(41)42)28-10-13-31(14-11-28)44-18-16-32(17-19-44)45-20-22-46(23-21-45)36-15-12-29(25-35(36)39)33(9-6-24-47)38(49)43-2;1-2/h3-5,7,10-15,24-26,32-33,40,48H,1,6,8-9,16-23H2,2H3,(H3,41,42)(H,43,49);1-2H3/b5-3-,7-4-,34-26-,40-30?;. The van der Waals surface area contributed by atoms with Crippen LogP contribution in [0.25, 0.3) is 5.57 Å². The van der Waals surface area contributed by atoms with Crippen molar-refractivity contribution >= 4 is 40.7 Å². The summed E-state index contributed by atoms with van der Waals surface area (Å²) in [6.45, 7) is 12.4. The molecule has 2 fully saturated rings. The molecule has 1 atom stereocenters. The monoisotopic (exact) mass is 699 g/mol. The smallest absolute Gasteiger partial charge is 0.227 e. The van der Waals surface area contributed by atoms with Crippen molar-refractivity contribution in [2.75, 3.05) is 56.1 Å². The zero-order valence-electron chi connectivity index (χ0n) is 30.2. The number of aldehydes is 1. The number of halogens is 1. The predicted octanol–water partition coefficient (Wildman–Crippen LogP) is 6.36. The highest BCUT2D eigenvalue weighted by Gasteiger charge is 2.29. The van der Waals surface area contributed by atoms with E-state index >= 15 is 4.39 Å². The van der Waals surface area contributed by atoms with E-state index in [4.69, 9.17) is 21.7 Å². The first kappa shape index (κ1) is 40.4. The Labute approximate surface area is 302 Å². The summed E-state index contributed by atoms with van der Waals surface area (Å²) in [5, 5.41) is 28.1. The quantitative estimate of drug-likeness (QED) is 0.0477. The van der Waals surface area contributed by atoms with E-state index in [1.54, 1.807) is 43.5 Å². The van der Waals surface area contributed by atoms with Gasteiger partial charge in [-0.05, 0) is 66.8 Å². The van der Waals surface area contributed by atoms with E-state index in [0.717, 1.165) is 69.6 Å². The lowest BCUT2D eigenvalue weighted by atomic mass is 9.93. The molecule has 1 unspecified atom stereocenters. The van der Waals surface area contributed by atoms with E-state index in [1.165, 1.54) is 12.1 Å². The number of nitrogens with one attached hydrogen (secondary N) is 3. The zero-order chi connectivity index (χ0) is 37.3. The highest BCUT2D eigenvalue weighted by atomic mass is 19.1. The van der Waals surface area contributed by atoms with Gasteiger partial charge in [0.25, 0.3) is 0 Å². The molecule has 2 aromatic carbocycles. The molecular formula is C40H54FN7O3. The van der Waals surface area contributed by atoms with Crippen LogP contribution in [0.5, 0.6) is 0 Å². The normalized spacial score (nSPS) is 16.4. The molecule has 0 aromatic heterocycles. The largest absolute Gasteiger partial charge is 0.509 e. The Kier molecular flexibility index (Phi) is 16.3. The number of likely N-dealkylation sites (N-methyl/N-ethyl adjacent to an activating group) is 1. The molecule has 10 nitrogen and oxygen atoms in total. The van der Waals surface area contributed by atoms with Crippen LogP contribution in [0.4, 0.5) is 15.8 Å².